The van der Waals surface area contributed by atoms with Crippen LogP contribution in [0.5, 0.6) is 0 Å². The van der Waals surface area contributed by atoms with Gasteiger partial charge in [-0.3, -0.25) is 0 Å². The van der Waals surface area contributed by atoms with Gasteiger partial charge in [0.05, 0.1) is 6.10 Å². The second-order valence-electron chi connectivity index (χ2n) is 7.70. The lowest BCUT2D eigenvalue weighted by Gasteiger charge is -2.39. The number of hydrogen-bond donors (Lipinski definition) is 0. The van der Waals surface area contributed by atoms with Crippen molar-refractivity contribution >= 4 is 0 Å². The molecule has 0 radical (unpaired) electrons. The molecule has 3 rings (SSSR count). The molecule has 0 aromatic heterocycles. The normalized spacial score (nSPS) is 24.5. The van der Waals surface area contributed by atoms with Crippen LogP contribution >= 0.6 is 0 Å². The van der Waals surface area contributed by atoms with E-state index in [1.807, 2.05) is 0 Å². The molecule has 128 valence electrons. The molecule has 2 aromatic rings. The fourth-order valence-corrected chi connectivity index (χ4v) is 4.05. The molecule has 1 nitrogen and oxygen atoms in total. The van der Waals surface area contributed by atoms with E-state index >= 15 is 0 Å². The summed E-state index contributed by atoms with van der Waals surface area (Å²) in [5, 5.41) is 0. The maximum absolute atomic E-state index is 6.81. The quantitative estimate of drug-likeness (QED) is 0.632. The second-order valence-corrected chi connectivity index (χ2v) is 7.70. The number of rotatable bonds is 5. The van der Waals surface area contributed by atoms with Gasteiger partial charge in [0.2, 0.25) is 0 Å². The van der Waals surface area contributed by atoms with Gasteiger partial charge in [-0.25, -0.2) is 0 Å². The van der Waals surface area contributed by atoms with Gasteiger partial charge in [0, 0.05) is 0 Å². The Labute approximate surface area is 147 Å². The van der Waals surface area contributed by atoms with Gasteiger partial charge in [0.15, 0.2) is 0 Å². The summed E-state index contributed by atoms with van der Waals surface area (Å²) in [6.45, 7) is 7.06. The van der Waals surface area contributed by atoms with Gasteiger partial charge >= 0.3 is 0 Å². The third kappa shape index (κ3) is 4.08. The molecule has 1 heteroatoms. The standard InChI is InChI=1S/C23H30O/c1-17(2)21-15-14-18(3)16-22(21)24-23(19-10-6-4-7-11-19)20-12-8-5-9-13-20/h4-13,17-18,21-23H,14-16H2,1-3H3/t18-,21+,22-/m0/s1. The van der Waals surface area contributed by atoms with Crippen molar-refractivity contribution in [3.8, 4) is 0 Å². The molecule has 0 saturated heterocycles. The Morgan fingerprint density at radius 3 is 1.88 bits per heavy atom. The Morgan fingerprint density at radius 1 is 0.833 bits per heavy atom. The lowest BCUT2D eigenvalue weighted by molar-refractivity contribution is -0.0678. The highest BCUT2D eigenvalue weighted by atomic mass is 16.5. The van der Waals surface area contributed by atoms with Crippen molar-refractivity contribution < 1.29 is 4.74 Å². The van der Waals surface area contributed by atoms with E-state index in [0.717, 1.165) is 5.92 Å². The van der Waals surface area contributed by atoms with Crippen molar-refractivity contribution in [3.05, 3.63) is 71.8 Å². The van der Waals surface area contributed by atoms with E-state index in [9.17, 15) is 0 Å². The smallest absolute Gasteiger partial charge is 0.108 e. The molecule has 0 N–H and O–H groups in total. The van der Waals surface area contributed by atoms with Gasteiger partial charge in [0.1, 0.15) is 6.10 Å². The highest BCUT2D eigenvalue weighted by Crippen LogP contribution is 2.39. The third-order valence-corrected chi connectivity index (χ3v) is 5.48. The summed E-state index contributed by atoms with van der Waals surface area (Å²) in [6.07, 6.45) is 4.19. The fourth-order valence-electron chi connectivity index (χ4n) is 4.05. The van der Waals surface area contributed by atoms with Crippen LogP contribution in [0.2, 0.25) is 0 Å². The topological polar surface area (TPSA) is 9.23 Å². The molecule has 2 aromatic carbocycles. The average molecular weight is 322 g/mol. The lowest BCUT2D eigenvalue weighted by atomic mass is 9.75. The zero-order valence-electron chi connectivity index (χ0n) is 15.2. The van der Waals surface area contributed by atoms with Gasteiger partial charge in [-0.2, -0.15) is 0 Å². The molecule has 1 aliphatic rings. The largest absolute Gasteiger partial charge is 0.365 e. The van der Waals surface area contributed by atoms with E-state index in [1.165, 1.54) is 30.4 Å². The Hall–Kier alpha value is -1.60. The van der Waals surface area contributed by atoms with E-state index in [0.29, 0.717) is 17.9 Å². The zero-order valence-corrected chi connectivity index (χ0v) is 15.2. The van der Waals surface area contributed by atoms with Crippen LogP contribution in [-0.4, -0.2) is 6.10 Å². The molecule has 0 spiro atoms. The highest BCUT2D eigenvalue weighted by molar-refractivity contribution is 5.30. The van der Waals surface area contributed by atoms with E-state index < -0.39 is 0 Å². The zero-order chi connectivity index (χ0) is 16.9. The van der Waals surface area contributed by atoms with Crippen LogP contribution in [0.25, 0.3) is 0 Å². The molecule has 1 saturated carbocycles. The molecule has 1 fully saturated rings. The molecule has 0 unspecified atom stereocenters. The van der Waals surface area contributed by atoms with Crippen LogP contribution in [0, 0.1) is 17.8 Å². The van der Waals surface area contributed by atoms with Crippen LogP contribution < -0.4 is 0 Å². The molecule has 0 bridgehead atoms. The third-order valence-electron chi connectivity index (χ3n) is 5.48. The predicted molar refractivity (Wildman–Crippen MR) is 101 cm³/mol. The molecule has 0 amide bonds. The highest BCUT2D eigenvalue weighted by Gasteiger charge is 2.33. The predicted octanol–water partition coefficient (Wildman–Crippen LogP) is 6.25. The SMILES string of the molecule is CC(C)[C@H]1CC[C@H](C)C[C@@H]1OC(c1ccccc1)c1ccccc1. The fraction of sp³-hybridized carbons (Fsp3) is 0.478. The molecule has 0 heterocycles. The van der Waals surface area contributed by atoms with Crippen molar-refractivity contribution in [1.82, 2.24) is 0 Å². The number of hydrogen-bond acceptors (Lipinski definition) is 1. The van der Waals surface area contributed by atoms with Crippen molar-refractivity contribution in [2.24, 2.45) is 17.8 Å². The minimum Gasteiger partial charge on any atom is -0.365 e. The van der Waals surface area contributed by atoms with E-state index in [2.05, 4.69) is 81.4 Å². The first-order valence-electron chi connectivity index (χ1n) is 9.40. The maximum atomic E-state index is 6.81. The van der Waals surface area contributed by atoms with E-state index in [-0.39, 0.29) is 6.10 Å². The Balaban J connectivity index is 1.88. The minimum atomic E-state index is 0.0314. The van der Waals surface area contributed by atoms with Crippen molar-refractivity contribution in [2.45, 2.75) is 52.2 Å². The van der Waals surface area contributed by atoms with E-state index in [4.69, 9.17) is 4.74 Å². The van der Waals surface area contributed by atoms with Crippen molar-refractivity contribution in [3.63, 3.8) is 0 Å². The van der Waals surface area contributed by atoms with Crippen LogP contribution in [0.4, 0.5) is 0 Å². The first kappa shape index (κ1) is 17.2. The summed E-state index contributed by atoms with van der Waals surface area (Å²) in [5.41, 5.74) is 2.51. The number of ether oxygens (including phenoxy) is 1. The van der Waals surface area contributed by atoms with Gasteiger partial charge in [-0.1, -0.05) is 87.9 Å². The van der Waals surface area contributed by atoms with Gasteiger partial charge in [-0.05, 0) is 41.7 Å². The molecular formula is C23H30O. The van der Waals surface area contributed by atoms with Gasteiger partial charge in [-0.15, -0.1) is 0 Å². The van der Waals surface area contributed by atoms with Crippen LogP contribution in [-0.2, 0) is 4.74 Å². The Morgan fingerprint density at radius 2 is 1.38 bits per heavy atom. The van der Waals surface area contributed by atoms with Crippen molar-refractivity contribution in [2.75, 3.05) is 0 Å². The number of benzene rings is 2. The van der Waals surface area contributed by atoms with Crippen molar-refractivity contribution in [1.29, 1.82) is 0 Å². The Kier molecular flexibility index (Phi) is 5.73. The monoisotopic (exact) mass is 322 g/mol. The first-order chi connectivity index (χ1) is 11.6. The summed E-state index contributed by atoms with van der Waals surface area (Å²) in [5.74, 6) is 2.10. The molecule has 24 heavy (non-hydrogen) atoms. The van der Waals surface area contributed by atoms with Gasteiger partial charge < -0.3 is 4.74 Å². The average Bonchev–Trinajstić information content (AvgIpc) is 2.61. The second kappa shape index (κ2) is 7.98. The lowest BCUT2D eigenvalue weighted by Crippen LogP contribution is -2.35. The van der Waals surface area contributed by atoms with Gasteiger partial charge in [0.25, 0.3) is 0 Å². The molecule has 3 atom stereocenters. The molecular weight excluding hydrogens is 292 g/mol. The molecule has 0 aliphatic heterocycles. The van der Waals surface area contributed by atoms with Crippen LogP contribution in [0.1, 0.15) is 57.3 Å². The van der Waals surface area contributed by atoms with Crippen LogP contribution in [0.3, 0.4) is 0 Å². The maximum Gasteiger partial charge on any atom is 0.108 e. The van der Waals surface area contributed by atoms with Crippen LogP contribution in [0.15, 0.2) is 60.7 Å². The summed E-state index contributed by atoms with van der Waals surface area (Å²) < 4.78 is 6.81. The Bertz CT molecular complexity index is 565. The summed E-state index contributed by atoms with van der Waals surface area (Å²) in [7, 11) is 0. The minimum absolute atomic E-state index is 0.0314. The molecule has 1 aliphatic carbocycles. The summed E-state index contributed by atoms with van der Waals surface area (Å²) in [4.78, 5) is 0. The summed E-state index contributed by atoms with van der Waals surface area (Å²) in [6, 6.07) is 21.3. The summed E-state index contributed by atoms with van der Waals surface area (Å²) >= 11 is 0. The van der Waals surface area contributed by atoms with E-state index in [1.54, 1.807) is 0 Å². The first-order valence-corrected chi connectivity index (χ1v) is 9.40.